The molecule has 0 aliphatic rings. The quantitative estimate of drug-likeness (QED) is 0.748. The minimum absolute atomic E-state index is 0.362. The number of aromatic nitrogens is 1. The van der Waals surface area contributed by atoms with Crippen LogP contribution in [0.15, 0.2) is 36.4 Å². The second-order valence-electron chi connectivity index (χ2n) is 4.85. The van der Waals surface area contributed by atoms with Crippen LogP contribution in [0.3, 0.4) is 0 Å². The van der Waals surface area contributed by atoms with Crippen LogP contribution in [0.2, 0.25) is 0 Å². The summed E-state index contributed by atoms with van der Waals surface area (Å²) in [5.41, 5.74) is 4.33. The zero-order valence-electron chi connectivity index (χ0n) is 11.2. The lowest BCUT2D eigenvalue weighted by Gasteiger charge is -2.18. The van der Waals surface area contributed by atoms with Gasteiger partial charge in [0, 0.05) is 23.0 Å². The molecule has 94 valence electrons. The van der Waals surface area contributed by atoms with E-state index in [4.69, 9.17) is 0 Å². The van der Waals surface area contributed by atoms with E-state index in [1.165, 1.54) is 5.56 Å². The van der Waals surface area contributed by atoms with Crippen LogP contribution in [0.1, 0.15) is 40.3 Å². The van der Waals surface area contributed by atoms with Crippen molar-refractivity contribution in [2.75, 3.05) is 0 Å². The number of hydrogen-bond donors (Lipinski definition) is 0. The molecule has 1 atom stereocenters. The summed E-state index contributed by atoms with van der Waals surface area (Å²) >= 11 is 0. The Morgan fingerprint density at radius 1 is 1.22 bits per heavy atom. The Balaban J connectivity index is 2.26. The van der Waals surface area contributed by atoms with Gasteiger partial charge in [-0.3, -0.25) is 4.79 Å². The van der Waals surface area contributed by atoms with Crippen LogP contribution in [-0.2, 0) is 6.42 Å². The molecule has 2 aromatic rings. The SMILES string of the molecule is Cc1cc(C=O)c(C)n1C(C)Cc1ccccc1. The third-order valence-corrected chi connectivity index (χ3v) is 3.47. The van der Waals surface area contributed by atoms with Crippen LogP contribution >= 0.6 is 0 Å². The molecule has 0 spiro atoms. The molecule has 0 aliphatic heterocycles. The van der Waals surface area contributed by atoms with E-state index in [0.29, 0.717) is 6.04 Å². The predicted octanol–water partition coefficient (Wildman–Crippen LogP) is 3.72. The Labute approximate surface area is 108 Å². The summed E-state index contributed by atoms with van der Waals surface area (Å²) in [6.45, 7) is 6.27. The van der Waals surface area contributed by atoms with Crippen molar-refractivity contribution >= 4 is 6.29 Å². The molecule has 2 rings (SSSR count). The molecule has 0 fully saturated rings. The molecule has 1 aromatic carbocycles. The van der Waals surface area contributed by atoms with Gasteiger partial charge >= 0.3 is 0 Å². The smallest absolute Gasteiger partial charge is 0.151 e. The van der Waals surface area contributed by atoms with Crippen molar-refractivity contribution in [3.63, 3.8) is 0 Å². The Kier molecular flexibility index (Phi) is 3.66. The van der Waals surface area contributed by atoms with Crippen molar-refractivity contribution in [1.82, 2.24) is 4.57 Å². The van der Waals surface area contributed by atoms with Crippen molar-refractivity contribution in [3.8, 4) is 0 Å². The summed E-state index contributed by atoms with van der Waals surface area (Å²) in [6, 6.07) is 12.8. The molecule has 2 heteroatoms. The van der Waals surface area contributed by atoms with Gasteiger partial charge in [0.05, 0.1) is 0 Å². The predicted molar refractivity (Wildman–Crippen MR) is 74.2 cm³/mol. The van der Waals surface area contributed by atoms with Crippen molar-refractivity contribution in [2.45, 2.75) is 33.2 Å². The molecule has 0 bridgehead atoms. The van der Waals surface area contributed by atoms with Gasteiger partial charge in [0.1, 0.15) is 0 Å². The van der Waals surface area contributed by atoms with E-state index in [2.05, 4.69) is 42.7 Å². The third kappa shape index (κ3) is 2.37. The second kappa shape index (κ2) is 5.21. The van der Waals surface area contributed by atoms with Gasteiger partial charge in [0.15, 0.2) is 6.29 Å². The van der Waals surface area contributed by atoms with Gasteiger partial charge in [-0.15, -0.1) is 0 Å². The first-order chi connectivity index (χ1) is 8.63. The fourth-order valence-corrected chi connectivity index (χ4v) is 2.65. The average molecular weight is 241 g/mol. The Hall–Kier alpha value is -1.83. The number of benzene rings is 1. The fraction of sp³-hybridized carbons (Fsp3) is 0.312. The molecule has 2 nitrogen and oxygen atoms in total. The lowest BCUT2D eigenvalue weighted by atomic mass is 10.1. The van der Waals surface area contributed by atoms with Gasteiger partial charge in [0.2, 0.25) is 0 Å². The molecule has 0 N–H and O–H groups in total. The first kappa shape index (κ1) is 12.6. The molecule has 0 saturated carbocycles. The first-order valence-corrected chi connectivity index (χ1v) is 6.31. The summed E-state index contributed by atoms with van der Waals surface area (Å²) in [7, 11) is 0. The molecule has 0 saturated heterocycles. The molecular formula is C16H19NO. The van der Waals surface area contributed by atoms with Gasteiger partial charge < -0.3 is 4.57 Å². The maximum atomic E-state index is 11.0. The van der Waals surface area contributed by atoms with Crippen LogP contribution in [0.25, 0.3) is 0 Å². The summed E-state index contributed by atoms with van der Waals surface area (Å²) < 4.78 is 2.25. The summed E-state index contributed by atoms with van der Waals surface area (Å²) in [6.07, 6.45) is 1.92. The molecule has 18 heavy (non-hydrogen) atoms. The number of nitrogens with zero attached hydrogens (tertiary/aromatic N) is 1. The summed E-state index contributed by atoms with van der Waals surface area (Å²) in [5.74, 6) is 0. The topological polar surface area (TPSA) is 22.0 Å². The largest absolute Gasteiger partial charge is 0.345 e. The minimum atomic E-state index is 0.362. The fourth-order valence-electron chi connectivity index (χ4n) is 2.65. The Bertz CT molecular complexity index is 540. The van der Waals surface area contributed by atoms with Crippen LogP contribution in [0, 0.1) is 13.8 Å². The van der Waals surface area contributed by atoms with E-state index in [0.717, 1.165) is 29.7 Å². The van der Waals surface area contributed by atoms with Gasteiger partial charge in [-0.05, 0) is 38.8 Å². The summed E-state index contributed by atoms with van der Waals surface area (Å²) in [5, 5.41) is 0. The molecule has 1 unspecified atom stereocenters. The van der Waals surface area contributed by atoms with Crippen molar-refractivity contribution in [1.29, 1.82) is 0 Å². The standard InChI is InChI=1S/C16H19NO/c1-12(9-15-7-5-4-6-8-15)17-13(2)10-16(11-18)14(17)3/h4-8,10-12H,9H2,1-3H3. The number of rotatable bonds is 4. The second-order valence-corrected chi connectivity index (χ2v) is 4.85. The first-order valence-electron chi connectivity index (χ1n) is 6.31. The molecule has 0 amide bonds. The van der Waals surface area contributed by atoms with Crippen molar-refractivity contribution < 1.29 is 4.79 Å². The van der Waals surface area contributed by atoms with Crippen LogP contribution in [0.4, 0.5) is 0 Å². The van der Waals surface area contributed by atoms with Crippen LogP contribution in [-0.4, -0.2) is 10.9 Å². The maximum absolute atomic E-state index is 11.0. The van der Waals surface area contributed by atoms with E-state index in [1.54, 1.807) is 0 Å². The Morgan fingerprint density at radius 2 is 1.89 bits per heavy atom. The average Bonchev–Trinajstić information content (AvgIpc) is 2.65. The maximum Gasteiger partial charge on any atom is 0.151 e. The number of carbonyl (C=O) groups is 1. The lowest BCUT2D eigenvalue weighted by molar-refractivity contribution is 0.112. The highest BCUT2D eigenvalue weighted by Gasteiger charge is 2.13. The normalized spacial score (nSPS) is 12.4. The molecule has 1 heterocycles. The summed E-state index contributed by atoms with van der Waals surface area (Å²) in [4.78, 5) is 11.0. The van der Waals surface area contributed by atoms with Crippen LogP contribution < -0.4 is 0 Å². The van der Waals surface area contributed by atoms with Crippen LogP contribution in [0.5, 0.6) is 0 Å². The lowest BCUT2D eigenvalue weighted by Crippen LogP contribution is -2.11. The number of aldehydes is 1. The number of hydrogen-bond acceptors (Lipinski definition) is 1. The zero-order valence-corrected chi connectivity index (χ0v) is 11.2. The minimum Gasteiger partial charge on any atom is -0.345 e. The number of carbonyl (C=O) groups excluding carboxylic acids is 1. The van der Waals surface area contributed by atoms with Gasteiger partial charge in [-0.1, -0.05) is 30.3 Å². The van der Waals surface area contributed by atoms with E-state index in [1.807, 2.05) is 19.1 Å². The monoisotopic (exact) mass is 241 g/mol. The third-order valence-electron chi connectivity index (χ3n) is 3.47. The van der Waals surface area contributed by atoms with E-state index < -0.39 is 0 Å². The van der Waals surface area contributed by atoms with E-state index >= 15 is 0 Å². The van der Waals surface area contributed by atoms with Gasteiger partial charge in [-0.25, -0.2) is 0 Å². The Morgan fingerprint density at radius 3 is 2.44 bits per heavy atom. The van der Waals surface area contributed by atoms with Gasteiger partial charge in [0.25, 0.3) is 0 Å². The molecule has 0 aliphatic carbocycles. The highest BCUT2D eigenvalue weighted by Crippen LogP contribution is 2.22. The highest BCUT2D eigenvalue weighted by molar-refractivity contribution is 5.77. The molecule has 1 aromatic heterocycles. The van der Waals surface area contributed by atoms with Crippen molar-refractivity contribution in [3.05, 3.63) is 58.9 Å². The molecule has 0 radical (unpaired) electrons. The highest BCUT2D eigenvalue weighted by atomic mass is 16.1. The van der Waals surface area contributed by atoms with Crippen molar-refractivity contribution in [2.24, 2.45) is 0 Å². The van der Waals surface area contributed by atoms with E-state index in [9.17, 15) is 4.79 Å². The van der Waals surface area contributed by atoms with E-state index in [-0.39, 0.29) is 0 Å². The number of aryl methyl sites for hydroxylation is 1. The van der Waals surface area contributed by atoms with Gasteiger partial charge in [-0.2, -0.15) is 0 Å². The zero-order chi connectivity index (χ0) is 13.1. The molecular weight excluding hydrogens is 222 g/mol.